The summed E-state index contributed by atoms with van der Waals surface area (Å²) in [6, 6.07) is 8.75. The largest absolute Gasteiger partial charge is 0.493 e. The first-order valence-corrected chi connectivity index (χ1v) is 7.74. The number of unbranched alkanes of at least 4 members (excludes halogenated alkanes) is 1. The van der Waals surface area contributed by atoms with E-state index in [1.54, 1.807) is 18.2 Å². The van der Waals surface area contributed by atoms with Gasteiger partial charge < -0.3 is 20.2 Å². The number of aromatic nitrogens is 1. The molecule has 0 aliphatic carbocycles. The van der Waals surface area contributed by atoms with Gasteiger partial charge in [-0.2, -0.15) is 10.5 Å². The van der Waals surface area contributed by atoms with Gasteiger partial charge in [-0.15, -0.1) is 0 Å². The number of nitrogens with two attached hydrogens (primary N) is 1. The number of nitrogen functional groups attached to an aromatic ring is 1. The maximum Gasteiger partial charge on any atom is 0.268 e. The Morgan fingerprint density at radius 2 is 1.92 bits per heavy atom. The predicted molar refractivity (Wildman–Crippen MR) is 93.3 cm³/mol. The van der Waals surface area contributed by atoms with Gasteiger partial charge in [0.1, 0.15) is 29.1 Å². The zero-order chi connectivity index (χ0) is 18.4. The van der Waals surface area contributed by atoms with Crippen LogP contribution in [0.4, 0.5) is 5.82 Å². The molecular formula is C18H18N4O3. The van der Waals surface area contributed by atoms with Crippen LogP contribution in [0.2, 0.25) is 0 Å². The number of hydrogen-bond donors (Lipinski definition) is 2. The summed E-state index contributed by atoms with van der Waals surface area (Å²) in [5.74, 6) is 0.917. The van der Waals surface area contributed by atoms with Gasteiger partial charge in [0.25, 0.3) is 5.56 Å². The zero-order valence-corrected chi connectivity index (χ0v) is 14.0. The van der Waals surface area contributed by atoms with Crippen molar-refractivity contribution in [3.63, 3.8) is 0 Å². The molecule has 2 aromatic rings. The van der Waals surface area contributed by atoms with Gasteiger partial charge in [-0.1, -0.05) is 19.4 Å². The predicted octanol–water partition coefficient (Wildman–Crippen LogP) is 2.55. The summed E-state index contributed by atoms with van der Waals surface area (Å²) in [5, 5.41) is 18.7. The molecule has 2 rings (SSSR count). The molecule has 0 unspecified atom stereocenters. The quantitative estimate of drug-likeness (QED) is 0.780. The molecule has 7 heteroatoms. The van der Waals surface area contributed by atoms with Crippen molar-refractivity contribution in [1.82, 2.24) is 4.98 Å². The smallest absolute Gasteiger partial charge is 0.268 e. The van der Waals surface area contributed by atoms with E-state index in [9.17, 15) is 15.3 Å². The number of anilines is 1. The number of aromatic amines is 1. The van der Waals surface area contributed by atoms with Gasteiger partial charge in [-0.25, -0.2) is 0 Å². The molecule has 0 saturated carbocycles. The number of pyridine rings is 1. The fourth-order valence-corrected chi connectivity index (χ4v) is 2.40. The van der Waals surface area contributed by atoms with Gasteiger partial charge in [0, 0.05) is 5.56 Å². The lowest BCUT2D eigenvalue weighted by Gasteiger charge is -2.14. The van der Waals surface area contributed by atoms with E-state index in [-0.39, 0.29) is 22.5 Å². The third-order valence-electron chi connectivity index (χ3n) is 3.68. The lowest BCUT2D eigenvalue weighted by Crippen LogP contribution is -2.16. The highest BCUT2D eigenvalue weighted by molar-refractivity contribution is 5.81. The average molecular weight is 338 g/mol. The summed E-state index contributed by atoms with van der Waals surface area (Å²) < 4.78 is 11.0. The van der Waals surface area contributed by atoms with Crippen LogP contribution in [-0.4, -0.2) is 18.7 Å². The molecule has 0 fully saturated rings. The maximum absolute atomic E-state index is 12.0. The number of nitriles is 2. The van der Waals surface area contributed by atoms with Crippen molar-refractivity contribution in [2.45, 2.75) is 19.8 Å². The van der Waals surface area contributed by atoms with Crippen LogP contribution in [0.1, 0.15) is 30.9 Å². The zero-order valence-electron chi connectivity index (χ0n) is 14.0. The summed E-state index contributed by atoms with van der Waals surface area (Å²) in [5.41, 5.74) is 5.65. The molecule has 0 spiro atoms. The van der Waals surface area contributed by atoms with Crippen molar-refractivity contribution in [3.05, 3.63) is 39.7 Å². The van der Waals surface area contributed by atoms with E-state index in [1.165, 1.54) is 7.11 Å². The second-order valence-electron chi connectivity index (χ2n) is 5.28. The first-order valence-electron chi connectivity index (χ1n) is 7.74. The molecule has 3 N–H and O–H groups in total. The number of ether oxygens (including phenoxy) is 2. The van der Waals surface area contributed by atoms with Gasteiger partial charge in [0.2, 0.25) is 0 Å². The Bertz CT molecular complexity index is 920. The van der Waals surface area contributed by atoms with Crippen LogP contribution < -0.4 is 20.8 Å². The van der Waals surface area contributed by atoms with E-state index in [4.69, 9.17) is 15.2 Å². The molecule has 1 aromatic carbocycles. The van der Waals surface area contributed by atoms with E-state index >= 15 is 0 Å². The molecule has 0 bridgehead atoms. The van der Waals surface area contributed by atoms with Crippen LogP contribution >= 0.6 is 0 Å². The second kappa shape index (κ2) is 7.89. The Labute approximate surface area is 145 Å². The van der Waals surface area contributed by atoms with Gasteiger partial charge in [-0.3, -0.25) is 4.79 Å². The molecular weight excluding hydrogens is 320 g/mol. The maximum atomic E-state index is 12.0. The minimum Gasteiger partial charge on any atom is -0.493 e. The van der Waals surface area contributed by atoms with Gasteiger partial charge in [0.15, 0.2) is 11.5 Å². The highest BCUT2D eigenvalue weighted by atomic mass is 16.5. The first-order chi connectivity index (χ1) is 12.1. The monoisotopic (exact) mass is 338 g/mol. The van der Waals surface area contributed by atoms with Crippen molar-refractivity contribution in [3.8, 4) is 34.8 Å². The van der Waals surface area contributed by atoms with Crippen LogP contribution in [0.5, 0.6) is 11.5 Å². The Morgan fingerprint density at radius 1 is 1.20 bits per heavy atom. The minimum atomic E-state index is -0.640. The number of nitrogens with zero attached hydrogens (tertiary/aromatic N) is 2. The van der Waals surface area contributed by atoms with Crippen molar-refractivity contribution >= 4 is 5.82 Å². The summed E-state index contributed by atoms with van der Waals surface area (Å²) in [6.07, 6.45) is 1.85. The van der Waals surface area contributed by atoms with Crippen LogP contribution in [-0.2, 0) is 0 Å². The SMILES string of the molecule is CCCCOc1cc(-c2c(C#N)c(N)[nH]c(=O)c2C#N)ccc1OC. The molecule has 25 heavy (non-hydrogen) atoms. The highest BCUT2D eigenvalue weighted by Gasteiger charge is 2.19. The van der Waals surface area contributed by atoms with E-state index in [0.717, 1.165) is 12.8 Å². The fourth-order valence-electron chi connectivity index (χ4n) is 2.40. The molecule has 0 saturated heterocycles. The van der Waals surface area contributed by atoms with Crippen LogP contribution in [0.25, 0.3) is 11.1 Å². The molecule has 1 aromatic heterocycles. The summed E-state index contributed by atoms with van der Waals surface area (Å²) in [7, 11) is 1.52. The standard InChI is InChI=1S/C18H18N4O3/c1-3-4-7-25-15-8-11(5-6-14(15)24-2)16-12(9-19)17(21)22-18(23)13(16)10-20/h5-6,8H,3-4,7H2,1-2H3,(H3,21,22,23). The molecule has 1 heterocycles. The molecule has 0 amide bonds. The molecule has 7 nitrogen and oxygen atoms in total. The minimum absolute atomic E-state index is 0.0424. The van der Waals surface area contributed by atoms with Gasteiger partial charge in [-0.05, 0) is 24.1 Å². The Kier molecular flexibility index (Phi) is 5.65. The van der Waals surface area contributed by atoms with Crippen LogP contribution in [0.3, 0.4) is 0 Å². The van der Waals surface area contributed by atoms with E-state index in [1.807, 2.05) is 12.1 Å². The molecule has 128 valence electrons. The van der Waals surface area contributed by atoms with Crippen molar-refractivity contribution in [2.75, 3.05) is 19.5 Å². The molecule has 0 aliphatic heterocycles. The second-order valence-corrected chi connectivity index (χ2v) is 5.28. The number of H-pyrrole nitrogens is 1. The van der Waals surface area contributed by atoms with E-state index < -0.39 is 5.56 Å². The van der Waals surface area contributed by atoms with Crippen molar-refractivity contribution in [2.24, 2.45) is 0 Å². The van der Waals surface area contributed by atoms with Crippen LogP contribution in [0.15, 0.2) is 23.0 Å². The Balaban J connectivity index is 2.67. The Hall–Kier alpha value is -3.45. The third-order valence-corrected chi connectivity index (χ3v) is 3.68. The first kappa shape index (κ1) is 17.9. The fraction of sp³-hybridized carbons (Fsp3) is 0.278. The number of nitrogens with one attached hydrogen (secondary N) is 1. The van der Waals surface area contributed by atoms with E-state index in [2.05, 4.69) is 11.9 Å². The number of methoxy groups -OCH3 is 1. The summed E-state index contributed by atoms with van der Waals surface area (Å²) in [4.78, 5) is 14.3. The van der Waals surface area contributed by atoms with Gasteiger partial charge >= 0.3 is 0 Å². The molecule has 0 atom stereocenters. The summed E-state index contributed by atoms with van der Waals surface area (Å²) >= 11 is 0. The van der Waals surface area contributed by atoms with Gasteiger partial charge in [0.05, 0.1) is 13.7 Å². The normalized spacial score (nSPS) is 9.92. The molecule has 0 radical (unpaired) electrons. The summed E-state index contributed by atoms with van der Waals surface area (Å²) in [6.45, 7) is 2.55. The van der Waals surface area contributed by atoms with Crippen molar-refractivity contribution in [1.29, 1.82) is 10.5 Å². The third kappa shape index (κ3) is 3.56. The average Bonchev–Trinajstić information content (AvgIpc) is 2.61. The van der Waals surface area contributed by atoms with Crippen LogP contribution in [0, 0.1) is 22.7 Å². The molecule has 0 aliphatic rings. The number of rotatable bonds is 6. The lowest BCUT2D eigenvalue weighted by molar-refractivity contribution is 0.288. The lowest BCUT2D eigenvalue weighted by atomic mass is 9.96. The Morgan fingerprint density at radius 3 is 2.52 bits per heavy atom. The number of hydrogen-bond acceptors (Lipinski definition) is 6. The topological polar surface area (TPSA) is 125 Å². The van der Waals surface area contributed by atoms with E-state index in [0.29, 0.717) is 23.7 Å². The highest BCUT2D eigenvalue weighted by Crippen LogP contribution is 2.35. The van der Waals surface area contributed by atoms with Crippen molar-refractivity contribution < 1.29 is 9.47 Å². The number of benzene rings is 1.